The number of alkyl halides is 1. The first-order valence-electron chi connectivity index (χ1n) is 12.5. The first-order chi connectivity index (χ1) is 18.1. The number of ketones is 1. The standard InChI is InChI=1S/C26H35ClN4O7/c1-16(24(35)30-19(21(32)15-27)14-18-8-5-4-6-9-18)29-25(36)20-10-7-13-31(20)26(37)17(2)28-22(33)11-12-23(34)38-3/h4-6,8-9,16-17,19-20H,7,10-15H2,1-3H3,(H,28,33)(H,29,36)(H,30,35)/t16-,17+,19?,20+/m0/s1. The van der Waals surface area contributed by atoms with Crippen LogP contribution in [0.5, 0.6) is 0 Å². The molecule has 1 aliphatic heterocycles. The number of hydrogen-bond acceptors (Lipinski definition) is 7. The summed E-state index contributed by atoms with van der Waals surface area (Å²) in [6.07, 6.45) is 0.999. The molecule has 0 spiro atoms. The molecule has 4 atom stereocenters. The van der Waals surface area contributed by atoms with Crippen molar-refractivity contribution >= 4 is 47.0 Å². The molecular weight excluding hydrogens is 516 g/mol. The Bertz CT molecular complexity index is 1020. The number of likely N-dealkylation sites (tertiary alicyclic amines) is 1. The maximum Gasteiger partial charge on any atom is 0.306 e. The van der Waals surface area contributed by atoms with Crippen molar-refractivity contribution in [3.05, 3.63) is 35.9 Å². The molecule has 2 rings (SSSR count). The van der Waals surface area contributed by atoms with Gasteiger partial charge < -0.3 is 25.6 Å². The normalized spacial score (nSPS) is 17.1. The van der Waals surface area contributed by atoms with E-state index in [0.717, 1.165) is 5.56 Å². The second kappa shape index (κ2) is 15.1. The summed E-state index contributed by atoms with van der Waals surface area (Å²) in [7, 11) is 1.22. The van der Waals surface area contributed by atoms with Crippen LogP contribution in [0.25, 0.3) is 0 Å². The number of amides is 4. The third kappa shape index (κ3) is 9.13. The van der Waals surface area contributed by atoms with Crippen LogP contribution in [0.1, 0.15) is 45.1 Å². The van der Waals surface area contributed by atoms with Gasteiger partial charge in [0, 0.05) is 13.0 Å². The molecule has 38 heavy (non-hydrogen) atoms. The van der Waals surface area contributed by atoms with E-state index in [1.807, 2.05) is 30.3 Å². The van der Waals surface area contributed by atoms with Gasteiger partial charge in [0.15, 0.2) is 5.78 Å². The van der Waals surface area contributed by atoms with Gasteiger partial charge in [-0.3, -0.25) is 28.8 Å². The van der Waals surface area contributed by atoms with E-state index < -0.39 is 53.8 Å². The van der Waals surface area contributed by atoms with Crippen molar-refractivity contribution in [2.75, 3.05) is 19.5 Å². The summed E-state index contributed by atoms with van der Waals surface area (Å²) in [5.41, 5.74) is 0.847. The van der Waals surface area contributed by atoms with Crippen LogP contribution in [0.2, 0.25) is 0 Å². The largest absolute Gasteiger partial charge is 0.469 e. The lowest BCUT2D eigenvalue weighted by Gasteiger charge is -2.28. The first-order valence-corrected chi connectivity index (χ1v) is 13.0. The van der Waals surface area contributed by atoms with Crippen LogP contribution in [0.15, 0.2) is 30.3 Å². The fourth-order valence-corrected chi connectivity index (χ4v) is 4.29. The van der Waals surface area contributed by atoms with Gasteiger partial charge in [0.2, 0.25) is 23.6 Å². The topological polar surface area (TPSA) is 151 Å². The average molecular weight is 551 g/mol. The minimum Gasteiger partial charge on any atom is -0.469 e. The van der Waals surface area contributed by atoms with Gasteiger partial charge in [-0.15, -0.1) is 11.6 Å². The Morgan fingerprint density at radius 3 is 2.32 bits per heavy atom. The quantitative estimate of drug-likeness (QED) is 0.238. The zero-order valence-corrected chi connectivity index (χ0v) is 22.6. The third-order valence-electron chi connectivity index (χ3n) is 6.24. The average Bonchev–Trinajstić information content (AvgIpc) is 3.41. The lowest BCUT2D eigenvalue weighted by Crippen LogP contribution is -2.56. The Balaban J connectivity index is 1.94. The molecule has 4 amide bonds. The number of carbonyl (C=O) groups is 6. The van der Waals surface area contributed by atoms with E-state index in [2.05, 4.69) is 20.7 Å². The minimum atomic E-state index is -0.975. The van der Waals surface area contributed by atoms with Crippen molar-refractivity contribution in [3.63, 3.8) is 0 Å². The van der Waals surface area contributed by atoms with Crippen molar-refractivity contribution in [2.24, 2.45) is 0 Å². The molecule has 0 saturated carbocycles. The fraction of sp³-hybridized carbons (Fsp3) is 0.538. The second-order valence-electron chi connectivity index (χ2n) is 9.14. The van der Waals surface area contributed by atoms with Crippen molar-refractivity contribution in [1.82, 2.24) is 20.9 Å². The highest BCUT2D eigenvalue weighted by atomic mass is 35.5. The van der Waals surface area contributed by atoms with Gasteiger partial charge in [0.1, 0.15) is 18.1 Å². The maximum atomic E-state index is 13.0. The number of Topliss-reactive ketones (excluding diaryl/α,β-unsaturated/α-hetero) is 1. The summed E-state index contributed by atoms with van der Waals surface area (Å²) < 4.78 is 4.50. The van der Waals surface area contributed by atoms with Crippen LogP contribution in [0, 0.1) is 0 Å². The molecule has 1 fully saturated rings. The van der Waals surface area contributed by atoms with Gasteiger partial charge in [-0.25, -0.2) is 0 Å². The van der Waals surface area contributed by atoms with Crippen LogP contribution in [0.4, 0.5) is 0 Å². The fourth-order valence-electron chi connectivity index (χ4n) is 4.10. The van der Waals surface area contributed by atoms with Crippen molar-refractivity contribution in [2.45, 2.75) is 70.1 Å². The number of nitrogens with one attached hydrogen (secondary N) is 3. The molecule has 1 aliphatic rings. The summed E-state index contributed by atoms with van der Waals surface area (Å²) in [5, 5.41) is 7.82. The Hall–Kier alpha value is -3.47. The Morgan fingerprint density at radius 2 is 1.68 bits per heavy atom. The smallest absolute Gasteiger partial charge is 0.306 e. The molecular formula is C26H35ClN4O7. The van der Waals surface area contributed by atoms with Gasteiger partial charge >= 0.3 is 5.97 Å². The number of ether oxygens (including phenoxy) is 1. The van der Waals surface area contributed by atoms with E-state index in [4.69, 9.17) is 11.6 Å². The highest BCUT2D eigenvalue weighted by Gasteiger charge is 2.37. The Kier molecular flexibility index (Phi) is 12.2. The number of hydrogen-bond donors (Lipinski definition) is 3. The van der Waals surface area contributed by atoms with E-state index in [0.29, 0.717) is 19.4 Å². The van der Waals surface area contributed by atoms with Crippen molar-refractivity contribution in [1.29, 1.82) is 0 Å². The molecule has 208 valence electrons. The van der Waals surface area contributed by atoms with Crippen LogP contribution >= 0.6 is 11.6 Å². The number of methoxy groups -OCH3 is 1. The molecule has 0 aromatic heterocycles. The summed E-state index contributed by atoms with van der Waals surface area (Å²) in [6.45, 7) is 3.31. The predicted octanol–water partition coefficient (Wildman–Crippen LogP) is 0.475. The van der Waals surface area contributed by atoms with Crippen molar-refractivity contribution < 1.29 is 33.5 Å². The van der Waals surface area contributed by atoms with E-state index in [-0.39, 0.29) is 30.9 Å². The van der Waals surface area contributed by atoms with Crippen LogP contribution in [-0.2, 0) is 39.9 Å². The van der Waals surface area contributed by atoms with Gasteiger partial charge in [0.05, 0.1) is 25.5 Å². The van der Waals surface area contributed by atoms with Gasteiger partial charge in [0.25, 0.3) is 0 Å². The molecule has 1 aromatic carbocycles. The number of carbonyl (C=O) groups excluding carboxylic acids is 6. The summed E-state index contributed by atoms with van der Waals surface area (Å²) in [6, 6.07) is 5.62. The lowest BCUT2D eigenvalue weighted by molar-refractivity contribution is -0.143. The van der Waals surface area contributed by atoms with Gasteiger partial charge in [-0.1, -0.05) is 30.3 Å². The summed E-state index contributed by atoms with van der Waals surface area (Å²) in [5.74, 6) is -3.15. The monoisotopic (exact) mass is 550 g/mol. The maximum absolute atomic E-state index is 13.0. The molecule has 1 aromatic rings. The molecule has 1 saturated heterocycles. The van der Waals surface area contributed by atoms with Crippen LogP contribution < -0.4 is 16.0 Å². The minimum absolute atomic E-state index is 0.110. The van der Waals surface area contributed by atoms with E-state index >= 15 is 0 Å². The molecule has 1 unspecified atom stereocenters. The number of esters is 1. The van der Waals surface area contributed by atoms with E-state index in [1.165, 1.54) is 25.9 Å². The van der Waals surface area contributed by atoms with Gasteiger partial charge in [-0.05, 0) is 38.7 Å². The van der Waals surface area contributed by atoms with Gasteiger partial charge in [-0.2, -0.15) is 0 Å². The lowest BCUT2D eigenvalue weighted by atomic mass is 10.0. The third-order valence-corrected chi connectivity index (χ3v) is 6.51. The number of rotatable bonds is 13. The second-order valence-corrected chi connectivity index (χ2v) is 9.40. The highest BCUT2D eigenvalue weighted by molar-refractivity contribution is 6.28. The van der Waals surface area contributed by atoms with Crippen LogP contribution in [-0.4, -0.2) is 84.0 Å². The molecule has 12 heteroatoms. The Labute approximate surface area is 227 Å². The van der Waals surface area contributed by atoms with Crippen LogP contribution in [0.3, 0.4) is 0 Å². The summed E-state index contributed by atoms with van der Waals surface area (Å²) in [4.78, 5) is 75.7. The molecule has 3 N–H and O–H groups in total. The molecule has 0 radical (unpaired) electrons. The molecule has 0 aliphatic carbocycles. The molecule has 11 nitrogen and oxygen atoms in total. The SMILES string of the molecule is COC(=O)CCC(=O)N[C@H](C)C(=O)N1CCC[C@@H]1C(=O)N[C@@H](C)C(=O)NC(Cc1ccccc1)C(=O)CCl. The van der Waals surface area contributed by atoms with E-state index in [1.54, 1.807) is 0 Å². The van der Waals surface area contributed by atoms with Crippen molar-refractivity contribution in [3.8, 4) is 0 Å². The molecule has 0 bridgehead atoms. The summed E-state index contributed by atoms with van der Waals surface area (Å²) >= 11 is 5.73. The number of halogens is 1. The zero-order chi connectivity index (χ0) is 28.2. The zero-order valence-electron chi connectivity index (χ0n) is 21.8. The van der Waals surface area contributed by atoms with E-state index in [9.17, 15) is 28.8 Å². The molecule has 1 heterocycles. The predicted molar refractivity (Wildman–Crippen MR) is 139 cm³/mol. The number of nitrogens with zero attached hydrogens (tertiary/aromatic N) is 1. The Morgan fingerprint density at radius 1 is 1.00 bits per heavy atom. The number of benzene rings is 1. The highest BCUT2D eigenvalue weighted by Crippen LogP contribution is 2.19. The first kappa shape index (κ1) is 30.8.